The lowest BCUT2D eigenvalue weighted by Gasteiger charge is -2.01. The van der Waals surface area contributed by atoms with E-state index in [9.17, 15) is 0 Å². The largest absolute Gasteiger partial charge is 0.411 e. The SMILES string of the molecule is CC(C)Sc1nncc(/C=N/O)n1. The summed E-state index contributed by atoms with van der Waals surface area (Å²) in [6.07, 6.45) is 2.66. The number of rotatable bonds is 3. The van der Waals surface area contributed by atoms with Gasteiger partial charge in [-0.15, -0.1) is 5.10 Å². The first kappa shape index (κ1) is 9.91. The zero-order chi connectivity index (χ0) is 9.68. The average molecular weight is 198 g/mol. The van der Waals surface area contributed by atoms with Crippen LogP contribution in [0.25, 0.3) is 0 Å². The molecule has 70 valence electrons. The van der Waals surface area contributed by atoms with E-state index in [2.05, 4.69) is 20.3 Å². The highest BCUT2D eigenvalue weighted by molar-refractivity contribution is 7.99. The second-order valence-corrected chi connectivity index (χ2v) is 4.12. The van der Waals surface area contributed by atoms with E-state index in [1.165, 1.54) is 24.2 Å². The van der Waals surface area contributed by atoms with E-state index in [0.29, 0.717) is 16.1 Å². The smallest absolute Gasteiger partial charge is 0.209 e. The third-order valence-electron chi connectivity index (χ3n) is 1.09. The lowest BCUT2D eigenvalue weighted by molar-refractivity contribution is 0.321. The summed E-state index contributed by atoms with van der Waals surface area (Å²) >= 11 is 1.51. The molecule has 1 rings (SSSR count). The van der Waals surface area contributed by atoms with Crippen LogP contribution in [0.5, 0.6) is 0 Å². The van der Waals surface area contributed by atoms with Gasteiger partial charge in [-0.1, -0.05) is 30.8 Å². The Morgan fingerprint density at radius 1 is 1.62 bits per heavy atom. The minimum atomic E-state index is 0.406. The summed E-state index contributed by atoms with van der Waals surface area (Å²) in [5.41, 5.74) is 0.501. The number of nitrogens with zero attached hydrogens (tertiary/aromatic N) is 4. The summed E-state index contributed by atoms with van der Waals surface area (Å²) in [6, 6.07) is 0. The molecule has 1 N–H and O–H groups in total. The van der Waals surface area contributed by atoms with Crippen LogP contribution in [0.4, 0.5) is 0 Å². The Morgan fingerprint density at radius 2 is 2.38 bits per heavy atom. The van der Waals surface area contributed by atoms with Gasteiger partial charge in [0.2, 0.25) is 5.16 Å². The molecule has 0 bridgehead atoms. The van der Waals surface area contributed by atoms with E-state index >= 15 is 0 Å². The van der Waals surface area contributed by atoms with Crippen LogP contribution in [-0.4, -0.2) is 31.9 Å². The first-order valence-corrected chi connectivity index (χ1v) is 4.64. The molecule has 0 aliphatic carbocycles. The van der Waals surface area contributed by atoms with Crippen LogP contribution in [0.2, 0.25) is 0 Å². The van der Waals surface area contributed by atoms with Gasteiger partial charge in [-0.2, -0.15) is 5.10 Å². The van der Waals surface area contributed by atoms with Crippen molar-refractivity contribution in [1.29, 1.82) is 0 Å². The quantitative estimate of drug-likeness (QED) is 0.342. The second-order valence-electron chi connectivity index (χ2n) is 2.57. The average Bonchev–Trinajstić information content (AvgIpc) is 2.04. The van der Waals surface area contributed by atoms with Gasteiger partial charge in [0.25, 0.3) is 0 Å². The van der Waals surface area contributed by atoms with Crippen molar-refractivity contribution < 1.29 is 5.21 Å². The molecule has 0 saturated heterocycles. The molecule has 0 radical (unpaired) electrons. The Bertz CT molecular complexity index is 302. The highest BCUT2D eigenvalue weighted by Gasteiger charge is 2.02. The highest BCUT2D eigenvalue weighted by atomic mass is 32.2. The van der Waals surface area contributed by atoms with Gasteiger partial charge in [0.15, 0.2) is 0 Å². The summed E-state index contributed by atoms with van der Waals surface area (Å²) in [7, 11) is 0. The maximum atomic E-state index is 8.27. The molecule has 0 fully saturated rings. The summed E-state index contributed by atoms with van der Waals surface area (Å²) in [5.74, 6) is 0. The number of thioether (sulfide) groups is 1. The third kappa shape index (κ3) is 3.37. The molecule has 0 atom stereocenters. The fraction of sp³-hybridized carbons (Fsp3) is 0.429. The predicted octanol–water partition coefficient (Wildman–Crippen LogP) is 1.18. The molecule has 1 aromatic rings. The first-order valence-electron chi connectivity index (χ1n) is 3.76. The van der Waals surface area contributed by atoms with Crippen LogP contribution in [0, 0.1) is 0 Å². The van der Waals surface area contributed by atoms with Crippen molar-refractivity contribution in [1.82, 2.24) is 15.2 Å². The first-order chi connectivity index (χ1) is 6.22. The highest BCUT2D eigenvalue weighted by Crippen LogP contribution is 2.16. The Kier molecular flexibility index (Phi) is 3.63. The van der Waals surface area contributed by atoms with E-state index in [0.717, 1.165) is 0 Å². The Morgan fingerprint density at radius 3 is 3.00 bits per heavy atom. The maximum absolute atomic E-state index is 8.27. The van der Waals surface area contributed by atoms with Crippen molar-refractivity contribution in [3.63, 3.8) is 0 Å². The molecular weight excluding hydrogens is 188 g/mol. The molecule has 1 aromatic heterocycles. The molecule has 1 heterocycles. The van der Waals surface area contributed by atoms with Crippen molar-refractivity contribution in [3.05, 3.63) is 11.9 Å². The van der Waals surface area contributed by atoms with E-state index in [1.54, 1.807) is 0 Å². The molecule has 6 heteroatoms. The van der Waals surface area contributed by atoms with Gasteiger partial charge >= 0.3 is 0 Å². The van der Waals surface area contributed by atoms with Crippen LogP contribution < -0.4 is 0 Å². The minimum Gasteiger partial charge on any atom is -0.411 e. The number of oxime groups is 1. The molecule has 0 spiro atoms. The molecule has 0 aliphatic rings. The Hall–Kier alpha value is -1.17. The van der Waals surface area contributed by atoms with Crippen molar-refractivity contribution in [3.8, 4) is 0 Å². The topological polar surface area (TPSA) is 71.3 Å². The molecule has 0 unspecified atom stereocenters. The van der Waals surface area contributed by atoms with Gasteiger partial charge in [0.05, 0.1) is 12.4 Å². The molecule has 0 aliphatic heterocycles. The zero-order valence-corrected chi connectivity index (χ0v) is 8.19. The molecule has 5 nitrogen and oxygen atoms in total. The molecule has 0 saturated carbocycles. The van der Waals surface area contributed by atoms with Crippen molar-refractivity contribution in [2.24, 2.45) is 5.16 Å². The molecule has 13 heavy (non-hydrogen) atoms. The lowest BCUT2D eigenvalue weighted by Crippen LogP contribution is -1.98. The van der Waals surface area contributed by atoms with Crippen molar-refractivity contribution in [2.45, 2.75) is 24.3 Å². The van der Waals surface area contributed by atoms with Gasteiger partial charge in [-0.3, -0.25) is 0 Å². The van der Waals surface area contributed by atoms with Gasteiger partial charge in [0.1, 0.15) is 5.69 Å². The Labute approximate surface area is 80.3 Å². The lowest BCUT2D eigenvalue weighted by atomic mass is 10.5. The number of hydrogen-bond donors (Lipinski definition) is 1. The van der Waals surface area contributed by atoms with Crippen LogP contribution in [0.1, 0.15) is 19.5 Å². The maximum Gasteiger partial charge on any atom is 0.209 e. The normalized spacial score (nSPS) is 11.3. The van der Waals surface area contributed by atoms with E-state index < -0.39 is 0 Å². The number of hydrogen-bond acceptors (Lipinski definition) is 6. The van der Waals surface area contributed by atoms with Gasteiger partial charge in [-0.25, -0.2) is 4.98 Å². The van der Waals surface area contributed by atoms with Crippen LogP contribution >= 0.6 is 11.8 Å². The standard InChI is InChI=1S/C7H10N4OS/c1-5(2)13-7-10-6(4-9-12)3-8-11-7/h3-5,12H,1-2H3/b9-4+. The van der Waals surface area contributed by atoms with Gasteiger partial charge in [0, 0.05) is 5.25 Å². The summed E-state index contributed by atoms with van der Waals surface area (Å²) in [5, 5.41) is 19.7. The molecular formula is C7H10N4OS. The van der Waals surface area contributed by atoms with E-state index in [-0.39, 0.29) is 0 Å². The van der Waals surface area contributed by atoms with Gasteiger partial charge < -0.3 is 5.21 Å². The van der Waals surface area contributed by atoms with E-state index in [4.69, 9.17) is 5.21 Å². The fourth-order valence-corrected chi connectivity index (χ4v) is 1.36. The van der Waals surface area contributed by atoms with Crippen molar-refractivity contribution >= 4 is 18.0 Å². The molecule has 0 aromatic carbocycles. The van der Waals surface area contributed by atoms with Gasteiger partial charge in [-0.05, 0) is 0 Å². The Balaban J connectivity index is 2.79. The predicted molar refractivity (Wildman–Crippen MR) is 50.2 cm³/mol. The summed E-state index contributed by atoms with van der Waals surface area (Å²) in [6.45, 7) is 4.08. The van der Waals surface area contributed by atoms with E-state index in [1.807, 2.05) is 13.8 Å². The monoisotopic (exact) mass is 198 g/mol. The zero-order valence-electron chi connectivity index (χ0n) is 7.38. The summed E-state index contributed by atoms with van der Waals surface area (Å²) in [4.78, 5) is 4.08. The third-order valence-corrected chi connectivity index (χ3v) is 1.94. The fourth-order valence-electron chi connectivity index (χ4n) is 0.681. The molecule has 0 amide bonds. The summed E-state index contributed by atoms with van der Waals surface area (Å²) < 4.78 is 0. The number of aromatic nitrogens is 3. The van der Waals surface area contributed by atoms with Crippen LogP contribution in [-0.2, 0) is 0 Å². The van der Waals surface area contributed by atoms with Crippen molar-refractivity contribution in [2.75, 3.05) is 0 Å². The second kappa shape index (κ2) is 4.76. The minimum absolute atomic E-state index is 0.406. The van der Waals surface area contributed by atoms with Crippen LogP contribution in [0.15, 0.2) is 16.5 Å². The van der Waals surface area contributed by atoms with Crippen LogP contribution in [0.3, 0.4) is 0 Å².